The number of hydrogen-bond acceptors (Lipinski definition) is 3. The number of halogens is 1. The van der Waals surface area contributed by atoms with Gasteiger partial charge in [0.1, 0.15) is 5.82 Å². The number of rotatable bonds is 3. The summed E-state index contributed by atoms with van der Waals surface area (Å²) in [6.45, 7) is 0. The van der Waals surface area contributed by atoms with Gasteiger partial charge in [-0.3, -0.25) is 9.59 Å². The van der Waals surface area contributed by atoms with E-state index in [4.69, 9.17) is 0 Å². The SMILES string of the molecule is O=C(C[C@@H]1N[C@H]2CCCC[C@@H]2NC1=O)Nc1ccccc1F. The second-order valence-electron chi connectivity index (χ2n) is 5.96. The molecule has 6 heteroatoms. The van der Waals surface area contributed by atoms with Crippen molar-refractivity contribution in [3.63, 3.8) is 0 Å². The van der Waals surface area contributed by atoms with Crippen LogP contribution in [-0.4, -0.2) is 29.9 Å². The third-order valence-electron chi connectivity index (χ3n) is 4.36. The molecule has 5 nitrogen and oxygen atoms in total. The summed E-state index contributed by atoms with van der Waals surface area (Å²) in [4.78, 5) is 24.1. The lowest BCUT2D eigenvalue weighted by Gasteiger charge is -2.40. The largest absolute Gasteiger partial charge is 0.350 e. The van der Waals surface area contributed by atoms with Gasteiger partial charge in [0.2, 0.25) is 11.8 Å². The molecule has 3 atom stereocenters. The monoisotopic (exact) mass is 305 g/mol. The maximum Gasteiger partial charge on any atom is 0.237 e. The van der Waals surface area contributed by atoms with Gasteiger partial charge in [-0.2, -0.15) is 0 Å². The Hall–Kier alpha value is -1.95. The molecule has 1 saturated carbocycles. The molecular formula is C16H20FN3O2. The fourth-order valence-electron chi connectivity index (χ4n) is 3.22. The van der Waals surface area contributed by atoms with Crippen molar-refractivity contribution in [3.8, 4) is 0 Å². The summed E-state index contributed by atoms with van der Waals surface area (Å²) < 4.78 is 13.5. The van der Waals surface area contributed by atoms with E-state index >= 15 is 0 Å². The van der Waals surface area contributed by atoms with E-state index in [-0.39, 0.29) is 36.0 Å². The van der Waals surface area contributed by atoms with Crippen molar-refractivity contribution in [2.45, 2.75) is 50.2 Å². The predicted octanol–water partition coefficient (Wildman–Crippen LogP) is 1.55. The van der Waals surface area contributed by atoms with Crippen LogP contribution in [0.4, 0.5) is 10.1 Å². The first-order chi connectivity index (χ1) is 10.6. The van der Waals surface area contributed by atoms with Crippen LogP contribution in [0.3, 0.4) is 0 Å². The minimum atomic E-state index is -0.550. The van der Waals surface area contributed by atoms with Crippen LogP contribution in [0.5, 0.6) is 0 Å². The van der Waals surface area contributed by atoms with Gasteiger partial charge in [-0.1, -0.05) is 25.0 Å². The van der Waals surface area contributed by atoms with E-state index in [0.717, 1.165) is 25.7 Å². The van der Waals surface area contributed by atoms with Crippen LogP contribution in [0.25, 0.3) is 0 Å². The van der Waals surface area contributed by atoms with Crippen LogP contribution in [-0.2, 0) is 9.59 Å². The molecule has 1 aromatic carbocycles. The zero-order valence-electron chi connectivity index (χ0n) is 12.3. The van der Waals surface area contributed by atoms with Gasteiger partial charge in [-0.15, -0.1) is 0 Å². The molecule has 0 radical (unpaired) electrons. The van der Waals surface area contributed by atoms with Crippen molar-refractivity contribution in [2.24, 2.45) is 0 Å². The smallest absolute Gasteiger partial charge is 0.237 e. The Balaban J connectivity index is 1.59. The van der Waals surface area contributed by atoms with E-state index < -0.39 is 11.9 Å². The average molecular weight is 305 g/mol. The predicted molar refractivity (Wildman–Crippen MR) is 80.8 cm³/mol. The lowest BCUT2D eigenvalue weighted by atomic mass is 9.87. The van der Waals surface area contributed by atoms with Crippen molar-refractivity contribution in [2.75, 3.05) is 5.32 Å². The topological polar surface area (TPSA) is 70.2 Å². The fourth-order valence-corrected chi connectivity index (χ4v) is 3.22. The van der Waals surface area contributed by atoms with Crippen molar-refractivity contribution in [1.82, 2.24) is 10.6 Å². The lowest BCUT2D eigenvalue weighted by Crippen LogP contribution is -2.65. The fraction of sp³-hybridized carbons (Fsp3) is 0.500. The highest BCUT2D eigenvalue weighted by molar-refractivity contribution is 5.95. The minimum Gasteiger partial charge on any atom is -0.350 e. The summed E-state index contributed by atoms with van der Waals surface area (Å²) in [7, 11) is 0. The zero-order chi connectivity index (χ0) is 15.5. The van der Waals surface area contributed by atoms with Crippen LogP contribution in [0, 0.1) is 5.82 Å². The van der Waals surface area contributed by atoms with Gasteiger partial charge in [-0.05, 0) is 25.0 Å². The molecule has 1 aliphatic carbocycles. The first-order valence-corrected chi connectivity index (χ1v) is 7.74. The molecule has 22 heavy (non-hydrogen) atoms. The molecule has 118 valence electrons. The first-order valence-electron chi connectivity index (χ1n) is 7.74. The normalized spacial score (nSPS) is 27.7. The number of nitrogens with one attached hydrogen (secondary N) is 3. The maximum absolute atomic E-state index is 13.5. The van der Waals surface area contributed by atoms with Crippen molar-refractivity contribution < 1.29 is 14.0 Å². The van der Waals surface area contributed by atoms with Gasteiger partial charge in [0.05, 0.1) is 18.2 Å². The highest BCUT2D eigenvalue weighted by atomic mass is 19.1. The Kier molecular flexibility index (Phi) is 4.38. The Morgan fingerprint density at radius 2 is 1.95 bits per heavy atom. The van der Waals surface area contributed by atoms with Crippen molar-refractivity contribution in [1.29, 1.82) is 0 Å². The van der Waals surface area contributed by atoms with Gasteiger partial charge in [-0.25, -0.2) is 4.39 Å². The first kappa shape index (κ1) is 15.0. The number of anilines is 1. The molecule has 1 saturated heterocycles. The molecule has 3 N–H and O–H groups in total. The quantitative estimate of drug-likeness (QED) is 0.793. The van der Waals surface area contributed by atoms with E-state index in [2.05, 4.69) is 16.0 Å². The van der Waals surface area contributed by atoms with E-state index in [1.807, 2.05) is 0 Å². The number of carbonyl (C=O) groups is 2. The Bertz CT molecular complexity index is 578. The molecule has 0 aromatic heterocycles. The molecule has 1 heterocycles. The highest BCUT2D eigenvalue weighted by Gasteiger charge is 2.36. The number of fused-ring (bicyclic) bond motifs is 1. The maximum atomic E-state index is 13.5. The summed E-state index contributed by atoms with van der Waals surface area (Å²) in [6.07, 6.45) is 4.26. The Labute approximate surface area is 128 Å². The summed E-state index contributed by atoms with van der Waals surface area (Å²) >= 11 is 0. The molecule has 0 spiro atoms. The van der Waals surface area contributed by atoms with Gasteiger partial charge in [0, 0.05) is 12.1 Å². The summed E-state index contributed by atoms with van der Waals surface area (Å²) in [6, 6.07) is 5.85. The molecule has 2 amide bonds. The lowest BCUT2D eigenvalue weighted by molar-refractivity contribution is -0.129. The molecule has 1 aliphatic heterocycles. The minimum absolute atomic E-state index is 0.00336. The molecule has 2 fully saturated rings. The Morgan fingerprint density at radius 1 is 1.23 bits per heavy atom. The van der Waals surface area contributed by atoms with Gasteiger partial charge in [0.15, 0.2) is 0 Å². The summed E-state index contributed by atoms with van der Waals surface area (Å²) in [5.74, 6) is -0.997. The molecule has 2 aliphatic rings. The van der Waals surface area contributed by atoms with Crippen LogP contribution in [0.15, 0.2) is 24.3 Å². The standard InChI is InChI=1S/C16H20FN3O2/c17-10-5-1-2-6-11(10)19-15(21)9-14-16(22)20-13-8-4-3-7-12(13)18-14/h1-2,5-6,12-14,18H,3-4,7-9H2,(H,19,21)(H,20,22)/t12-,13-,14-/m0/s1. The molecule has 1 aromatic rings. The third kappa shape index (κ3) is 3.27. The van der Waals surface area contributed by atoms with Crippen LogP contribution in [0.1, 0.15) is 32.1 Å². The number of benzene rings is 1. The number of piperazine rings is 1. The van der Waals surface area contributed by atoms with Crippen LogP contribution < -0.4 is 16.0 Å². The number of para-hydroxylation sites is 1. The molecule has 0 bridgehead atoms. The highest BCUT2D eigenvalue weighted by Crippen LogP contribution is 2.22. The van der Waals surface area contributed by atoms with Gasteiger partial charge < -0.3 is 16.0 Å². The average Bonchev–Trinajstić information content (AvgIpc) is 2.50. The van der Waals surface area contributed by atoms with Crippen molar-refractivity contribution in [3.05, 3.63) is 30.1 Å². The zero-order valence-corrected chi connectivity index (χ0v) is 12.3. The summed E-state index contributed by atoms with van der Waals surface area (Å²) in [5.41, 5.74) is 0.138. The van der Waals surface area contributed by atoms with E-state index in [1.54, 1.807) is 12.1 Å². The van der Waals surface area contributed by atoms with E-state index in [1.165, 1.54) is 12.1 Å². The third-order valence-corrected chi connectivity index (χ3v) is 4.36. The summed E-state index contributed by atoms with van der Waals surface area (Å²) in [5, 5.41) is 8.78. The van der Waals surface area contributed by atoms with Gasteiger partial charge in [0.25, 0.3) is 0 Å². The number of hydrogen-bond donors (Lipinski definition) is 3. The number of amides is 2. The Morgan fingerprint density at radius 3 is 2.73 bits per heavy atom. The van der Waals surface area contributed by atoms with Crippen LogP contribution >= 0.6 is 0 Å². The second-order valence-corrected chi connectivity index (χ2v) is 5.96. The van der Waals surface area contributed by atoms with Gasteiger partial charge >= 0.3 is 0 Å². The van der Waals surface area contributed by atoms with E-state index in [9.17, 15) is 14.0 Å². The molecule has 3 rings (SSSR count). The second kappa shape index (κ2) is 6.44. The van der Waals surface area contributed by atoms with E-state index in [0.29, 0.717) is 0 Å². The number of carbonyl (C=O) groups excluding carboxylic acids is 2. The molecule has 0 unspecified atom stereocenters. The van der Waals surface area contributed by atoms with Crippen molar-refractivity contribution >= 4 is 17.5 Å². The molecular weight excluding hydrogens is 285 g/mol. The van der Waals surface area contributed by atoms with Crippen LogP contribution in [0.2, 0.25) is 0 Å².